The molecule has 0 aliphatic carbocycles. The molecule has 1 saturated heterocycles. The lowest BCUT2D eigenvalue weighted by Gasteiger charge is -2.36. The molecule has 3 aromatic carbocycles. The van der Waals surface area contributed by atoms with E-state index in [1.54, 1.807) is 19.9 Å². The molecule has 3 heterocycles. The van der Waals surface area contributed by atoms with Gasteiger partial charge >= 0.3 is 5.97 Å². The second kappa shape index (κ2) is 14.8. The van der Waals surface area contributed by atoms with Crippen molar-refractivity contribution in [1.82, 2.24) is 10.2 Å². The van der Waals surface area contributed by atoms with Gasteiger partial charge in [-0.1, -0.05) is 48.5 Å². The Morgan fingerprint density at radius 3 is 1.94 bits per heavy atom. The number of anilines is 1. The van der Waals surface area contributed by atoms with Crippen LogP contribution in [0.25, 0.3) is 12.2 Å². The van der Waals surface area contributed by atoms with E-state index in [0.29, 0.717) is 12.1 Å². The second-order valence-corrected chi connectivity index (χ2v) is 13.1. The molecule has 9 nitrogen and oxygen atoms in total. The van der Waals surface area contributed by atoms with E-state index in [1.165, 1.54) is 0 Å². The maximum Gasteiger partial charge on any atom is 0.335 e. The number of ether oxygens (including phenoxy) is 2. The molecule has 6 rings (SSSR count). The number of unbranched alkanes of at least 4 members (excludes halogenated alkanes) is 1. The number of carbonyl (C=O) groups excluding carboxylic acids is 1. The number of nitrogens with one attached hydrogen (secondary N) is 1. The van der Waals surface area contributed by atoms with Crippen molar-refractivity contribution < 1.29 is 24.2 Å². The van der Waals surface area contributed by atoms with E-state index < -0.39 is 17.2 Å². The molecule has 0 spiro atoms. The van der Waals surface area contributed by atoms with Crippen LogP contribution in [0.3, 0.4) is 0 Å². The highest BCUT2D eigenvalue weighted by atomic mass is 16.5. The van der Waals surface area contributed by atoms with Gasteiger partial charge in [0.15, 0.2) is 0 Å². The van der Waals surface area contributed by atoms with Crippen LogP contribution in [0, 0.1) is 11.3 Å². The first-order valence-corrected chi connectivity index (χ1v) is 16.5. The van der Waals surface area contributed by atoms with Crippen LogP contribution < -0.4 is 19.7 Å². The van der Waals surface area contributed by atoms with E-state index in [-0.39, 0.29) is 11.5 Å². The maximum atomic E-state index is 12.8. The minimum atomic E-state index is -0.936. The highest BCUT2D eigenvalue weighted by molar-refractivity contribution is 6.00. The molecule has 48 heavy (non-hydrogen) atoms. The molecule has 250 valence electrons. The van der Waals surface area contributed by atoms with Gasteiger partial charge in [0.05, 0.1) is 22.4 Å². The molecule has 0 unspecified atom stereocenters. The first kappa shape index (κ1) is 34.3. The summed E-state index contributed by atoms with van der Waals surface area (Å²) in [6.45, 7) is 12.9. The Kier molecular flexibility index (Phi) is 10.6. The van der Waals surface area contributed by atoms with E-state index in [2.05, 4.69) is 21.2 Å². The van der Waals surface area contributed by atoms with Crippen molar-refractivity contribution in [1.29, 1.82) is 5.26 Å². The zero-order valence-electron chi connectivity index (χ0n) is 28.2. The van der Waals surface area contributed by atoms with Crippen LogP contribution in [-0.2, 0) is 9.59 Å². The van der Waals surface area contributed by atoms with E-state index in [4.69, 9.17) is 14.6 Å². The molecular weight excluding hydrogens is 604 g/mol. The van der Waals surface area contributed by atoms with Gasteiger partial charge in [0.1, 0.15) is 28.8 Å². The number of aliphatic carboxylic acids is 1. The summed E-state index contributed by atoms with van der Waals surface area (Å²) in [4.78, 5) is 28.6. The summed E-state index contributed by atoms with van der Waals surface area (Å²) in [5.41, 5.74) is 3.05. The highest BCUT2D eigenvalue weighted by Gasteiger charge is 2.35. The summed E-state index contributed by atoms with van der Waals surface area (Å²) in [5, 5.41) is 21.5. The number of hydrogen-bond acceptors (Lipinski definition) is 7. The topological polar surface area (TPSA) is 115 Å². The Morgan fingerprint density at radius 1 is 0.792 bits per heavy atom. The van der Waals surface area contributed by atoms with Crippen molar-refractivity contribution in [2.45, 2.75) is 51.7 Å². The molecule has 0 aromatic heterocycles. The summed E-state index contributed by atoms with van der Waals surface area (Å²) >= 11 is 0. The summed E-state index contributed by atoms with van der Waals surface area (Å²) in [6.07, 6.45) is 5.59. The molecule has 0 atom stereocenters. The quantitative estimate of drug-likeness (QED) is 0.280. The number of carbonyl (C=O) groups is 2. The highest BCUT2D eigenvalue weighted by Crippen LogP contribution is 2.36. The number of rotatable bonds is 8. The number of para-hydroxylation sites is 3. The van der Waals surface area contributed by atoms with E-state index >= 15 is 0 Å². The molecule has 0 bridgehead atoms. The van der Waals surface area contributed by atoms with Crippen molar-refractivity contribution in [2.75, 3.05) is 44.2 Å². The number of nitriles is 1. The Balaban J connectivity index is 0.000000250. The fourth-order valence-electron chi connectivity index (χ4n) is 6.18. The third-order valence-electron chi connectivity index (χ3n) is 8.86. The number of piperazine rings is 1. The van der Waals surface area contributed by atoms with Crippen molar-refractivity contribution in [3.05, 3.63) is 101 Å². The lowest BCUT2D eigenvalue weighted by molar-refractivity contribution is -0.134. The minimum Gasteiger partial charge on any atom is -0.482 e. The van der Waals surface area contributed by atoms with Crippen molar-refractivity contribution >= 4 is 29.7 Å². The average Bonchev–Trinajstić information content (AvgIpc) is 3.07. The van der Waals surface area contributed by atoms with Gasteiger partial charge in [-0.15, -0.1) is 0 Å². The lowest BCUT2D eigenvalue weighted by Crippen LogP contribution is -2.47. The van der Waals surface area contributed by atoms with Gasteiger partial charge in [-0.2, -0.15) is 5.26 Å². The minimum absolute atomic E-state index is 0.0562. The van der Waals surface area contributed by atoms with Gasteiger partial charge in [-0.25, -0.2) is 4.79 Å². The summed E-state index contributed by atoms with van der Waals surface area (Å²) in [5.74, 6) is 0.552. The number of carboxylic acids is 1. The van der Waals surface area contributed by atoms with Gasteiger partial charge in [0, 0.05) is 43.9 Å². The number of fused-ring (bicyclic) bond motifs is 2. The molecule has 3 aromatic rings. The third kappa shape index (κ3) is 8.07. The first-order valence-electron chi connectivity index (χ1n) is 16.5. The van der Waals surface area contributed by atoms with Crippen LogP contribution in [0.4, 0.5) is 5.69 Å². The SMILES string of the molecule is CC1(C)Oc2ccccc2C=C1C(=O)NCCCCN1CCN(c2ccccc2C#N)CC1.CC1(C)Oc2ccccc2C=C1C(=O)O. The third-order valence-corrected chi connectivity index (χ3v) is 8.86. The fourth-order valence-corrected chi connectivity index (χ4v) is 6.18. The molecule has 0 saturated carbocycles. The van der Waals surface area contributed by atoms with Crippen LogP contribution in [0.1, 0.15) is 57.2 Å². The van der Waals surface area contributed by atoms with Crippen molar-refractivity contribution in [2.24, 2.45) is 0 Å². The van der Waals surface area contributed by atoms with Gasteiger partial charge in [-0.3, -0.25) is 9.69 Å². The largest absolute Gasteiger partial charge is 0.482 e. The Hall–Kier alpha value is -5.07. The van der Waals surface area contributed by atoms with Crippen molar-refractivity contribution in [3.8, 4) is 17.6 Å². The standard InChI is InChI=1S/C27H32N4O2.C12H12O3/c1-27(2)23(19-21-9-4-6-12-25(21)33-27)26(32)29-13-7-8-14-30-15-17-31(18-16-30)24-11-5-3-10-22(24)20-28;1-12(2)9(11(13)14)7-8-5-3-4-6-10(8)15-12/h3-6,9-12,19H,7-8,13-18H2,1-2H3,(H,29,32);3-7H,1-2H3,(H,13,14). The predicted molar refractivity (Wildman–Crippen MR) is 188 cm³/mol. The fraction of sp³-hybridized carbons (Fsp3) is 0.359. The Morgan fingerprint density at radius 2 is 1.33 bits per heavy atom. The summed E-state index contributed by atoms with van der Waals surface area (Å²) < 4.78 is 11.7. The molecule has 9 heteroatoms. The molecule has 1 amide bonds. The molecular formula is C39H44N4O5. The van der Waals surface area contributed by atoms with Crippen LogP contribution in [-0.4, -0.2) is 72.4 Å². The number of benzene rings is 3. The molecule has 2 N–H and O–H groups in total. The van der Waals surface area contributed by atoms with Crippen LogP contribution in [0.2, 0.25) is 0 Å². The Labute approximate surface area is 283 Å². The zero-order chi connectivity index (χ0) is 34.3. The summed E-state index contributed by atoms with van der Waals surface area (Å²) in [6, 6.07) is 25.3. The van der Waals surface area contributed by atoms with Gasteiger partial charge < -0.3 is 24.8 Å². The van der Waals surface area contributed by atoms with Gasteiger partial charge in [0.25, 0.3) is 5.91 Å². The number of amides is 1. The smallest absolute Gasteiger partial charge is 0.335 e. The van der Waals surface area contributed by atoms with Crippen molar-refractivity contribution in [3.63, 3.8) is 0 Å². The van der Waals surface area contributed by atoms with Gasteiger partial charge in [-0.05, 0) is 83.5 Å². The number of hydrogen-bond donors (Lipinski definition) is 2. The number of nitrogens with zero attached hydrogens (tertiary/aromatic N) is 3. The van der Waals surface area contributed by atoms with Crippen LogP contribution >= 0.6 is 0 Å². The predicted octanol–water partition coefficient (Wildman–Crippen LogP) is 6.16. The summed E-state index contributed by atoms with van der Waals surface area (Å²) in [7, 11) is 0. The average molecular weight is 649 g/mol. The van der Waals surface area contributed by atoms with E-state index in [0.717, 1.165) is 79.4 Å². The van der Waals surface area contributed by atoms with Crippen LogP contribution in [0.15, 0.2) is 83.9 Å². The normalized spacial score (nSPS) is 17.4. The first-order chi connectivity index (χ1) is 23.0. The Bertz CT molecular complexity index is 1740. The van der Waals surface area contributed by atoms with E-state index in [1.807, 2.05) is 92.7 Å². The molecule has 3 aliphatic heterocycles. The monoisotopic (exact) mass is 648 g/mol. The lowest BCUT2D eigenvalue weighted by atomic mass is 9.91. The second-order valence-electron chi connectivity index (χ2n) is 13.1. The number of carboxylic acid groups (broad SMARTS) is 1. The van der Waals surface area contributed by atoms with E-state index in [9.17, 15) is 14.9 Å². The van der Waals surface area contributed by atoms with Crippen LogP contribution in [0.5, 0.6) is 11.5 Å². The zero-order valence-corrected chi connectivity index (χ0v) is 28.2. The van der Waals surface area contributed by atoms with Gasteiger partial charge in [0.2, 0.25) is 0 Å². The maximum absolute atomic E-state index is 12.8. The molecule has 0 radical (unpaired) electrons. The molecule has 1 fully saturated rings. The molecule has 3 aliphatic rings.